The fourth-order valence-electron chi connectivity index (χ4n) is 8.87. The normalized spacial score (nSPS) is 22.5. The number of rotatable bonds is 13. The first-order chi connectivity index (χ1) is 31.1. The van der Waals surface area contributed by atoms with Crippen molar-refractivity contribution < 1.29 is 9.59 Å². The molecule has 1 saturated heterocycles. The zero-order valence-electron chi connectivity index (χ0n) is 35.5. The molecule has 2 aromatic carbocycles. The zero-order valence-corrected chi connectivity index (χ0v) is 37.1. The second-order valence-electron chi connectivity index (χ2n) is 16.7. The number of carbonyl (C=O) groups is 2. The van der Waals surface area contributed by atoms with Crippen LogP contribution < -0.4 is 36.8 Å². The van der Waals surface area contributed by atoms with Crippen LogP contribution in [0.2, 0.25) is 0 Å². The Balaban J connectivity index is 0.723. The van der Waals surface area contributed by atoms with Crippen LogP contribution in [0.4, 0.5) is 23.0 Å². The van der Waals surface area contributed by atoms with Crippen molar-refractivity contribution in [3.05, 3.63) is 121 Å². The Morgan fingerprint density at radius 2 is 1.27 bits per heavy atom. The lowest BCUT2D eigenvalue weighted by molar-refractivity contribution is -0.130. The maximum Gasteiger partial charge on any atom is 0.285 e. The van der Waals surface area contributed by atoms with Crippen LogP contribution >= 0.6 is 23.9 Å². The number of anilines is 4. The average Bonchev–Trinajstić information content (AvgIpc) is 4.16. The predicted octanol–water partition coefficient (Wildman–Crippen LogP) is 5.80. The van der Waals surface area contributed by atoms with Gasteiger partial charge in [0.05, 0.1) is 24.8 Å². The number of aromatic nitrogens is 4. The highest BCUT2D eigenvalue weighted by Crippen LogP contribution is 2.39. The lowest BCUT2D eigenvalue weighted by atomic mass is 9.87. The van der Waals surface area contributed by atoms with Gasteiger partial charge >= 0.3 is 0 Å². The Hall–Kier alpha value is -6.16. The number of benzene rings is 2. The smallest absolute Gasteiger partial charge is 0.285 e. The summed E-state index contributed by atoms with van der Waals surface area (Å²) in [6, 6.07) is 19.7. The summed E-state index contributed by atoms with van der Waals surface area (Å²) in [5.74, 6) is 4.77. The number of amidine groups is 2. The number of H-pyrrole nitrogens is 2. The predicted molar refractivity (Wildman–Crippen MR) is 252 cm³/mol. The van der Waals surface area contributed by atoms with Crippen LogP contribution in [0.15, 0.2) is 129 Å². The molecular formula is C44H50N16O2S2+2. The van der Waals surface area contributed by atoms with Gasteiger partial charge in [0, 0.05) is 56.6 Å². The number of amides is 2. The van der Waals surface area contributed by atoms with E-state index in [0.717, 1.165) is 73.9 Å². The topological polar surface area (TPSA) is 212 Å². The van der Waals surface area contributed by atoms with E-state index in [-0.39, 0.29) is 23.8 Å². The first-order valence-electron chi connectivity index (χ1n) is 21.4. The maximum atomic E-state index is 14.3. The fourth-order valence-corrected chi connectivity index (χ4v) is 10.6. The van der Waals surface area contributed by atoms with Gasteiger partial charge in [0.2, 0.25) is 11.8 Å². The highest BCUT2D eigenvalue weighted by Gasteiger charge is 2.50. The lowest BCUT2D eigenvalue weighted by Crippen LogP contribution is -2.58. The van der Waals surface area contributed by atoms with Crippen LogP contribution in [0, 0.1) is 19.8 Å². The molecule has 7 heterocycles. The van der Waals surface area contributed by atoms with Gasteiger partial charge in [0.1, 0.15) is 18.6 Å². The van der Waals surface area contributed by atoms with Gasteiger partial charge in [0.15, 0.2) is 24.0 Å². The maximum absolute atomic E-state index is 14.3. The molecule has 2 radical (unpaired) electrons. The molecule has 1 saturated carbocycles. The van der Waals surface area contributed by atoms with Crippen molar-refractivity contribution in [1.29, 1.82) is 0 Å². The van der Waals surface area contributed by atoms with E-state index in [1.54, 1.807) is 36.3 Å². The van der Waals surface area contributed by atoms with E-state index in [1.165, 1.54) is 0 Å². The van der Waals surface area contributed by atoms with Crippen molar-refractivity contribution in [3.63, 3.8) is 0 Å². The molecule has 0 spiro atoms. The highest BCUT2D eigenvalue weighted by molar-refractivity contribution is 7.97. The van der Waals surface area contributed by atoms with Gasteiger partial charge in [-0.3, -0.25) is 43.9 Å². The van der Waals surface area contributed by atoms with Gasteiger partial charge < -0.3 is 16.4 Å². The largest absolute Gasteiger partial charge is 0.328 e. The fraction of sp³-hybridized carbons (Fsp3) is 0.318. The van der Waals surface area contributed by atoms with E-state index in [4.69, 9.17) is 5.73 Å². The van der Waals surface area contributed by atoms with Gasteiger partial charge in [-0.05, 0) is 141 Å². The molecule has 6 aliphatic rings. The van der Waals surface area contributed by atoms with Crippen LogP contribution in [0.5, 0.6) is 0 Å². The SMILES string of the molecule is Cc1cc(NC2=CN(Sc3ccc(NC(=O)C4CCN(C5(C(=O)Nc6ccc(SN7C=C(Nc8cc(C)[nH]n8)[N+]8C=CN=C8C7)cc6)CCC(N)C5)CC4)cc3)CC3=NC=C[N+]23)n[nH]1. The number of carbonyl (C=O) groups excluding carboxylic acids is 2. The van der Waals surface area contributed by atoms with Crippen LogP contribution in [0.1, 0.15) is 43.5 Å². The monoisotopic (exact) mass is 898 g/mol. The Morgan fingerprint density at radius 3 is 1.73 bits per heavy atom. The second kappa shape index (κ2) is 17.8. The third-order valence-electron chi connectivity index (χ3n) is 12.1. The Morgan fingerprint density at radius 1 is 0.750 bits per heavy atom. The van der Waals surface area contributed by atoms with E-state index in [9.17, 15) is 9.59 Å². The summed E-state index contributed by atoms with van der Waals surface area (Å²) in [7, 11) is 0. The molecule has 2 fully saturated rings. The van der Waals surface area contributed by atoms with E-state index < -0.39 is 5.54 Å². The summed E-state index contributed by atoms with van der Waals surface area (Å²) in [5.41, 5.74) is 9.19. The van der Waals surface area contributed by atoms with Crippen molar-refractivity contribution >= 4 is 70.4 Å². The van der Waals surface area contributed by atoms with E-state index in [1.807, 2.05) is 109 Å². The number of nitrogens with two attached hydrogens (primary N) is 1. The van der Waals surface area contributed by atoms with Crippen LogP contribution in [-0.2, 0) is 9.59 Å². The first kappa shape index (κ1) is 41.8. The highest BCUT2D eigenvalue weighted by atomic mass is 32.2. The minimum absolute atomic E-state index is 0.000244. The molecule has 328 valence electrons. The molecular weight excluding hydrogens is 849 g/mol. The number of aryl methyl sites for hydroxylation is 2. The molecule has 2 amide bonds. The number of hydrogen-bond donors (Lipinski definition) is 7. The third kappa shape index (κ3) is 8.97. The summed E-state index contributed by atoms with van der Waals surface area (Å²) in [4.78, 5) is 45.3. The van der Waals surface area contributed by atoms with Crippen molar-refractivity contribution in [2.45, 2.75) is 67.3 Å². The van der Waals surface area contributed by atoms with Gasteiger partial charge in [0.25, 0.3) is 23.3 Å². The van der Waals surface area contributed by atoms with Gasteiger partial charge in [-0.2, -0.15) is 20.2 Å². The molecule has 8 N–H and O–H groups in total. The molecule has 20 heteroatoms. The van der Waals surface area contributed by atoms with Crippen LogP contribution in [0.25, 0.3) is 0 Å². The van der Waals surface area contributed by atoms with Crippen molar-refractivity contribution in [2.24, 2.45) is 21.6 Å². The van der Waals surface area contributed by atoms with E-state index in [0.29, 0.717) is 51.9 Å². The van der Waals surface area contributed by atoms with Crippen molar-refractivity contribution in [1.82, 2.24) is 43.7 Å². The van der Waals surface area contributed by atoms with Crippen molar-refractivity contribution in [2.75, 3.05) is 47.4 Å². The summed E-state index contributed by atoms with van der Waals surface area (Å²) in [6.07, 6.45) is 14.9. The van der Waals surface area contributed by atoms with Gasteiger partial charge in [-0.1, -0.05) is 0 Å². The Kier molecular flexibility index (Phi) is 11.6. The standard InChI is InChI=1S/C44H50N16O2S2/c1-28-21-36(54-52-28)50-40-26-57(24-38-46-15-19-59(38)40)63-34-7-3-32(4-8-34)48-42(61)30-12-17-56(18-13-30)44(14-11-31(45)23-44)43(62)49-33-5-9-35(10-6-33)64-58-25-39-47-16-20-60(39)41(27-58)51-37-22-29(2)53-55-37/h3-10,15-16,19-22,26-27,30-31H,11-14,17-18,23-25,45H2,1-2H3,(H,48,61)(H,49,62)(H2,50,52,54)(H2,51,53,55)/q+2. The van der Waals surface area contributed by atoms with Gasteiger partial charge in [-0.25, -0.2) is 0 Å². The number of hydrogen-bond acceptors (Lipinski definition) is 16. The van der Waals surface area contributed by atoms with Crippen LogP contribution in [0.3, 0.4) is 0 Å². The molecule has 2 aromatic heterocycles. The van der Waals surface area contributed by atoms with E-state index in [2.05, 4.69) is 65.2 Å². The number of fused-ring (bicyclic) bond motifs is 2. The minimum Gasteiger partial charge on any atom is -0.328 e. The zero-order chi connectivity index (χ0) is 43.8. The van der Waals surface area contributed by atoms with Crippen LogP contribution in [-0.4, -0.2) is 95.2 Å². The number of nitrogens with one attached hydrogen (secondary N) is 6. The Labute approximate surface area is 379 Å². The Bertz CT molecular complexity index is 2590. The summed E-state index contributed by atoms with van der Waals surface area (Å²) >= 11 is 3.18. The first-order valence-corrected chi connectivity index (χ1v) is 23.0. The second-order valence-corrected chi connectivity index (χ2v) is 18.9. The molecule has 18 nitrogen and oxygen atoms in total. The van der Waals surface area contributed by atoms with E-state index >= 15 is 0 Å². The number of aliphatic imine (C=N–C) groups is 2. The molecule has 64 heavy (non-hydrogen) atoms. The molecule has 2 atom stereocenters. The lowest BCUT2D eigenvalue weighted by Gasteiger charge is -2.43. The summed E-state index contributed by atoms with van der Waals surface area (Å²) in [6.45, 7) is 6.45. The summed E-state index contributed by atoms with van der Waals surface area (Å²) < 4.78 is 4.24. The number of nitrogens with zero attached hydrogens (tertiary/aromatic N) is 9. The number of piperidine rings is 1. The molecule has 1 aliphatic carbocycles. The summed E-state index contributed by atoms with van der Waals surface area (Å²) in [5, 5.41) is 27.7. The molecule has 10 rings (SSSR count). The quantitative estimate of drug-likeness (QED) is 0.0627. The minimum atomic E-state index is -0.726. The molecule has 5 aliphatic heterocycles. The average molecular weight is 899 g/mol. The van der Waals surface area contributed by atoms with Gasteiger partial charge in [-0.15, -0.1) is 0 Å². The number of aromatic amines is 2. The molecule has 4 aromatic rings. The number of likely N-dealkylation sites (tertiary alicyclic amines) is 1. The molecule has 2 unspecified atom stereocenters. The third-order valence-corrected chi connectivity index (χ3v) is 14.0. The molecule has 0 bridgehead atoms. The van der Waals surface area contributed by atoms with Crippen molar-refractivity contribution in [3.8, 4) is 0 Å².